The second kappa shape index (κ2) is 42.7. The van der Waals surface area contributed by atoms with Gasteiger partial charge in [-0.1, -0.05) is 209 Å². The Bertz CT molecular complexity index is 7030. The van der Waals surface area contributed by atoms with E-state index in [1.807, 2.05) is 127 Å². The van der Waals surface area contributed by atoms with Crippen LogP contribution in [0.3, 0.4) is 0 Å². The Kier molecular flexibility index (Phi) is 20.6. The van der Waals surface area contributed by atoms with Crippen LogP contribution in [0, 0.1) is 70.7 Å². The molecule has 12 nitrogen and oxygen atoms in total. The van der Waals surface area contributed by atoms with Crippen LogP contribution in [0.5, 0.6) is 0 Å². The molecule has 12 heterocycles. The van der Waals surface area contributed by atoms with E-state index in [1.54, 1.807) is 80.0 Å². The normalized spacial score (nSPS) is 17.4. The van der Waals surface area contributed by atoms with E-state index < -0.39 is 102 Å². The first-order valence-electron chi connectivity index (χ1n) is 53.4. The molecular weight excluding hydrogens is 2040 g/mol. The van der Waals surface area contributed by atoms with E-state index in [1.165, 1.54) is 100 Å². The van der Waals surface area contributed by atoms with Gasteiger partial charge in [0, 0.05) is 173 Å². The van der Waals surface area contributed by atoms with Gasteiger partial charge in [-0.25, -0.2) is 15.0 Å². The first kappa shape index (κ1) is 58.9. The summed E-state index contributed by atoms with van der Waals surface area (Å²) in [6.45, 7) is -4.24. The third kappa shape index (κ3) is 21.7. The van der Waals surface area contributed by atoms with Crippen molar-refractivity contribution < 1.29 is 116 Å². The van der Waals surface area contributed by atoms with Crippen LogP contribution >= 0.6 is 0 Å². The van der Waals surface area contributed by atoms with Crippen LogP contribution in [0.2, 0.25) is 0 Å². The number of aromatic nitrogens is 9. The van der Waals surface area contributed by atoms with Gasteiger partial charge in [-0.2, -0.15) is 0 Å². The fourth-order valence-electron chi connectivity index (χ4n) is 13.2. The molecule has 18 aromatic rings. The standard InChI is InChI=1S/C26H29N2O.2C24H25N2O.3C11H8N.3Ir/c1-14(2)18-10-11-27-22(13-18)20-9-8-19(15(3)4)23-24-21(16(5)6)12-17(7)28-26(24)29-25(20)23;1-13(2)17-9-10-25-20(12-17)19-8-7-18(14(3)4)22-21-15(5)11-16(6)26-24(21)27-23(19)22;1-13(2)17-9-10-25-20(12-17)18-8-7-15(5)21-22-19(14(3)4)11-16(6)26-24(22)27-23(18)21;3*1-2-6-10(7-3-1)11-8-4-5-9-12-11;;;/h8,10-16H,1-7H3;2*7,9-14H,1-6H3;3*1-6,8-9H;;;/q6*-1;;;/i1D3,7D3,14D,15D,16D;2*1D3,5D3,6D3,13D,14D;;;;;;. The van der Waals surface area contributed by atoms with E-state index in [9.17, 15) is 0 Å². The van der Waals surface area contributed by atoms with Gasteiger partial charge in [0.05, 0.1) is 16.7 Å². The molecule has 0 spiro atoms. The molecule has 6 aromatic carbocycles. The molecular formula is C107H103Ir3N9O3-6. The molecule has 0 N–H and O–H groups in total. The molecule has 0 aliphatic carbocycles. The third-order valence-corrected chi connectivity index (χ3v) is 19.0. The van der Waals surface area contributed by atoms with Gasteiger partial charge in [0.25, 0.3) is 0 Å². The number of rotatable bonds is 13. The first-order chi connectivity index (χ1) is 69.3. The van der Waals surface area contributed by atoms with E-state index in [2.05, 4.69) is 81.3 Å². The smallest absolute Gasteiger partial charge is 0.216 e. The second-order valence-electron chi connectivity index (χ2n) is 28.5. The Morgan fingerprint density at radius 1 is 0.287 bits per heavy atom. The summed E-state index contributed by atoms with van der Waals surface area (Å²) in [5, 5.41) is 1.54. The fourth-order valence-corrected chi connectivity index (χ4v) is 13.2. The van der Waals surface area contributed by atoms with Gasteiger partial charge in [0.15, 0.2) is 0 Å². The van der Waals surface area contributed by atoms with Crippen molar-refractivity contribution in [1.82, 2.24) is 44.9 Å². The van der Waals surface area contributed by atoms with Gasteiger partial charge in [-0.3, -0.25) is 0 Å². The molecule has 0 saturated heterocycles. The number of fused-ring (bicyclic) bond motifs is 9. The monoisotopic (exact) mass is 2170 g/mol. The van der Waals surface area contributed by atoms with Crippen molar-refractivity contribution in [1.29, 1.82) is 0 Å². The van der Waals surface area contributed by atoms with Crippen molar-refractivity contribution in [3.63, 3.8) is 0 Å². The van der Waals surface area contributed by atoms with E-state index in [4.69, 9.17) is 55.7 Å². The van der Waals surface area contributed by atoms with E-state index >= 15 is 0 Å². The van der Waals surface area contributed by atoms with Gasteiger partial charge in [0.2, 0.25) is 17.1 Å². The number of hydrogen-bond donors (Lipinski definition) is 0. The van der Waals surface area contributed by atoms with Gasteiger partial charge >= 0.3 is 0 Å². The largest absolute Gasteiger partial charge is 0.486 e. The number of benzene rings is 6. The van der Waals surface area contributed by atoms with Gasteiger partial charge in [-0.05, 0) is 173 Å². The molecule has 15 heteroatoms. The summed E-state index contributed by atoms with van der Waals surface area (Å²) >= 11 is 0. The SMILES string of the molecule is [2H]C([2H])([2H])c1cc(C([2H])(C)C)c2c(n1)oc1c(-c3cc(C([2H])(C)C([2H])([2H])[2H])ccn3)[c-]cc(C([2H])(C)C)c12.[2H]C([2H])([2H])c1cc(C([2H])(C)C)c2c(n1)oc1c(-c3cc(C([2H])(C)C([2H])([2H])[2H])ccn3)[c-]cc(C([2H])([2H])[2H])c12.[2H]C([2H])([2H])c1cc(C([2H])([2H])[2H])c2c(n1)oc1c(-c3cc(C([2H])(C)C([2H])([2H])[2H])ccn3)[c-]cc(C([2H])(C)C)c12.[Ir].[Ir].[Ir].[c-]1ccccc1-c1ccccn1.[c-]1ccccc1-c1ccccn1.[c-]1ccccc1-c1ccccn1. The molecule has 0 fully saturated rings. The maximum atomic E-state index is 8.78. The van der Waals surface area contributed by atoms with E-state index in [0.717, 1.165) is 39.8 Å². The Morgan fingerprint density at radius 3 is 0.943 bits per heavy atom. The number of nitrogens with zero attached hydrogens (tertiary/aromatic N) is 9. The average Bonchev–Trinajstić information content (AvgIpc) is 1.58. The predicted octanol–water partition coefficient (Wildman–Crippen LogP) is 28.6. The Labute approximate surface area is 803 Å². The van der Waals surface area contributed by atoms with Crippen LogP contribution in [0.25, 0.3) is 134 Å². The molecule has 3 unspecified atom stereocenters. The van der Waals surface area contributed by atoms with Crippen molar-refractivity contribution in [2.45, 2.75) is 172 Å². The summed E-state index contributed by atoms with van der Waals surface area (Å²) in [4.78, 5) is 38.3. The van der Waals surface area contributed by atoms with Crippen LogP contribution in [0.4, 0.5) is 0 Å². The minimum absolute atomic E-state index is 0. The minimum atomic E-state index is -2.73. The molecule has 18 rings (SSSR count). The fraction of sp³-hybridized carbons (Fsp3) is 0.243. The number of aryl methyl sites for hydroxylation is 5. The molecule has 122 heavy (non-hydrogen) atoms. The zero-order chi connectivity index (χ0) is 111. The quantitative estimate of drug-likeness (QED) is 0.101. The van der Waals surface area contributed by atoms with Crippen molar-refractivity contribution in [3.8, 4) is 67.5 Å². The molecule has 0 saturated carbocycles. The summed E-state index contributed by atoms with van der Waals surface area (Å²) in [5.41, 5.74) is 8.07. The maximum absolute atomic E-state index is 8.78. The molecule has 3 atom stereocenters. The molecule has 0 bridgehead atoms. The zero-order valence-electron chi connectivity index (χ0n) is 99.3. The van der Waals surface area contributed by atoms with E-state index in [0.29, 0.717) is 38.7 Å². The van der Waals surface area contributed by atoms with Crippen molar-refractivity contribution in [2.75, 3.05) is 0 Å². The topological polar surface area (TPSA) is 155 Å². The van der Waals surface area contributed by atoms with Crippen molar-refractivity contribution >= 4 is 66.2 Å². The Balaban J connectivity index is 0.000000198. The molecule has 3 radical (unpaired) electrons. The molecule has 0 amide bonds. The van der Waals surface area contributed by atoms with Crippen LogP contribution in [-0.2, 0) is 60.3 Å². The van der Waals surface area contributed by atoms with Gasteiger partial charge in [-0.15, -0.1) is 161 Å². The molecule has 12 aromatic heterocycles. The van der Waals surface area contributed by atoms with Crippen LogP contribution in [0.1, 0.15) is 248 Å². The summed E-state index contributed by atoms with van der Waals surface area (Å²) in [6.07, 6.45) is 9.47. The summed E-state index contributed by atoms with van der Waals surface area (Å²) in [7, 11) is 0. The Hall–Kier alpha value is -11.0. The average molecular weight is 2170 g/mol. The van der Waals surface area contributed by atoms with Gasteiger partial charge < -0.3 is 43.2 Å². The summed E-state index contributed by atoms with van der Waals surface area (Å²) in [5.74, 6) is -10.8. The number of furan rings is 3. The summed E-state index contributed by atoms with van der Waals surface area (Å²) < 4.78 is 268. The summed E-state index contributed by atoms with van der Waals surface area (Å²) in [6, 6.07) is 76.2. The number of pyridine rings is 9. The third-order valence-electron chi connectivity index (χ3n) is 19.0. The first-order valence-corrected chi connectivity index (χ1v) is 37.9. The molecule has 0 aliphatic rings. The number of hydrogen-bond acceptors (Lipinski definition) is 12. The van der Waals surface area contributed by atoms with Crippen LogP contribution in [0.15, 0.2) is 251 Å². The van der Waals surface area contributed by atoms with Crippen LogP contribution < -0.4 is 0 Å². The Morgan fingerprint density at radius 2 is 0.615 bits per heavy atom. The predicted molar refractivity (Wildman–Crippen MR) is 489 cm³/mol. The second-order valence-corrected chi connectivity index (χ2v) is 28.5. The molecule has 0 aliphatic heterocycles. The van der Waals surface area contributed by atoms with Crippen molar-refractivity contribution in [3.05, 3.63) is 341 Å². The van der Waals surface area contributed by atoms with E-state index in [-0.39, 0.29) is 183 Å². The molecule has 627 valence electrons. The zero-order valence-corrected chi connectivity index (χ0v) is 75.5. The van der Waals surface area contributed by atoms with Gasteiger partial charge in [0.1, 0.15) is 0 Å². The minimum Gasteiger partial charge on any atom is -0.486 e. The maximum Gasteiger partial charge on any atom is 0.216 e. The van der Waals surface area contributed by atoms with Crippen LogP contribution in [-0.4, -0.2) is 44.9 Å². The van der Waals surface area contributed by atoms with Crippen molar-refractivity contribution in [2.24, 2.45) is 0 Å².